The molecule has 0 aromatic heterocycles. The second-order valence-electron chi connectivity index (χ2n) is 22.9. The minimum Gasteiger partial charge on any atom is -0.394 e. The quantitative estimate of drug-likeness (QED) is 0.0204. The third-order valence-electron chi connectivity index (χ3n) is 15.4. The van der Waals surface area contributed by atoms with E-state index in [1.54, 1.807) is 0 Å². The maximum absolute atomic E-state index is 13.3. The number of aliphatic hydroxyl groups is 8. The molecule has 2 aliphatic rings. The van der Waals surface area contributed by atoms with E-state index < -0.39 is 86.8 Å². The van der Waals surface area contributed by atoms with Gasteiger partial charge in [0, 0.05) is 6.42 Å². The van der Waals surface area contributed by atoms with Crippen LogP contribution in [-0.4, -0.2) is 140 Å². The first-order chi connectivity index (χ1) is 42.1. The van der Waals surface area contributed by atoms with Crippen molar-refractivity contribution >= 4 is 5.91 Å². The molecule has 9 N–H and O–H groups in total. The second-order valence-corrected chi connectivity index (χ2v) is 22.9. The zero-order chi connectivity index (χ0) is 62.3. The average Bonchev–Trinajstić information content (AvgIpc) is 1.83. The molecule has 86 heavy (non-hydrogen) atoms. The molecule has 2 aliphatic heterocycles. The van der Waals surface area contributed by atoms with Crippen molar-refractivity contribution in [2.75, 3.05) is 19.8 Å². The lowest BCUT2D eigenvalue weighted by Gasteiger charge is -2.46. The number of hydrogen-bond acceptors (Lipinski definition) is 13. The lowest BCUT2D eigenvalue weighted by Crippen LogP contribution is -2.65. The van der Waals surface area contributed by atoms with Gasteiger partial charge in [-0.15, -0.1) is 0 Å². The molecule has 0 aromatic carbocycles. The molecule has 2 heterocycles. The highest BCUT2D eigenvalue weighted by molar-refractivity contribution is 5.76. The lowest BCUT2D eigenvalue weighted by atomic mass is 9.97. The van der Waals surface area contributed by atoms with Crippen molar-refractivity contribution in [3.8, 4) is 0 Å². The third kappa shape index (κ3) is 39.2. The number of nitrogens with one attached hydrogen (secondary N) is 1. The predicted molar refractivity (Wildman–Crippen MR) is 350 cm³/mol. The Labute approximate surface area is 520 Å². The van der Waals surface area contributed by atoms with E-state index in [9.17, 15) is 45.6 Å². The molecule has 0 aromatic rings. The molecule has 0 spiro atoms. The zero-order valence-corrected chi connectivity index (χ0v) is 53.0. The van der Waals surface area contributed by atoms with Crippen LogP contribution in [0.4, 0.5) is 0 Å². The van der Waals surface area contributed by atoms with Gasteiger partial charge < -0.3 is 65.1 Å². The fraction of sp³-hybridized carbons (Fsp3) is 0.681. The van der Waals surface area contributed by atoms with Gasteiger partial charge >= 0.3 is 0 Å². The van der Waals surface area contributed by atoms with Crippen molar-refractivity contribution in [1.82, 2.24) is 5.32 Å². The summed E-state index contributed by atoms with van der Waals surface area (Å²) in [5, 5.41) is 87.4. The maximum Gasteiger partial charge on any atom is 0.220 e. The van der Waals surface area contributed by atoms with Gasteiger partial charge in [-0.25, -0.2) is 0 Å². The van der Waals surface area contributed by atoms with Crippen LogP contribution in [0.3, 0.4) is 0 Å². The molecule has 2 rings (SSSR count). The Bertz CT molecular complexity index is 1950. The molecule has 2 saturated heterocycles. The number of carbonyl (C=O) groups excluding carboxylic acids is 1. The monoisotopic (exact) mass is 1210 g/mol. The van der Waals surface area contributed by atoms with Gasteiger partial charge in [0.25, 0.3) is 0 Å². The standard InChI is InChI=1S/C72H119NO13/c1-3-5-7-9-11-13-15-17-19-20-21-22-23-24-25-26-27-28-29-30-31-32-33-34-35-36-37-38-39-40-42-44-46-48-50-52-54-56-64(77)73-60(61(76)55-53-51-49-47-45-43-41-18-16-14-12-10-8-6-4-2)59-83-71-69(82)67(80)70(63(58-75)85-71)86-72-68(81)66(79)65(78)62(57-74)84-72/h5,7,11,13,17,19,21-22,24-25,27-28,30-31,33-34,36-37,39-40,44,46,60-63,65-72,74-76,78-82H,3-4,6,8-10,12,14-16,18,20,23,26,29,32,35,38,41-43,45,47-59H2,1-2H3,(H,73,77)/b7-5-,13-11-,19-17-,22-21-,25-24-,28-27-,31-30-,34-33-,37-36-,40-39-,46-44-. The Morgan fingerprint density at radius 3 is 1.22 bits per heavy atom. The molecular formula is C72H119NO13. The number of hydrogen-bond donors (Lipinski definition) is 9. The predicted octanol–water partition coefficient (Wildman–Crippen LogP) is 13.1. The Morgan fingerprint density at radius 1 is 0.430 bits per heavy atom. The van der Waals surface area contributed by atoms with Gasteiger partial charge in [-0.05, 0) is 96.3 Å². The summed E-state index contributed by atoms with van der Waals surface area (Å²) in [6.45, 7) is 2.71. The van der Waals surface area contributed by atoms with Crippen molar-refractivity contribution < 1.29 is 64.6 Å². The molecule has 12 atom stereocenters. The van der Waals surface area contributed by atoms with Crippen molar-refractivity contribution in [3.05, 3.63) is 134 Å². The SMILES string of the molecule is CC/C=C\C/C=C\C/C=C\C/C=C\C/C=C\C/C=C\C/C=C\C/C=C\C/C=C\C/C=C\C/C=C\CCCCCC(=O)NC(COC1OC(CO)C(OC2OC(CO)C(O)C(O)C2O)C(O)C1O)C(O)CCCCCCCCCCCCCCCCC. The van der Waals surface area contributed by atoms with Crippen molar-refractivity contribution in [2.24, 2.45) is 0 Å². The van der Waals surface area contributed by atoms with Crippen LogP contribution in [0.1, 0.15) is 219 Å². The second kappa shape index (κ2) is 55.2. The van der Waals surface area contributed by atoms with Crippen LogP contribution in [0.15, 0.2) is 134 Å². The van der Waals surface area contributed by atoms with Crippen molar-refractivity contribution in [1.29, 1.82) is 0 Å². The average molecular weight is 1210 g/mol. The van der Waals surface area contributed by atoms with Crippen molar-refractivity contribution in [2.45, 2.75) is 293 Å². The van der Waals surface area contributed by atoms with Gasteiger partial charge in [0.15, 0.2) is 12.6 Å². The number of rotatable bonds is 52. The first-order valence-corrected chi connectivity index (χ1v) is 33.4. The van der Waals surface area contributed by atoms with Crippen LogP contribution < -0.4 is 5.32 Å². The van der Waals surface area contributed by atoms with Gasteiger partial charge in [-0.3, -0.25) is 4.79 Å². The third-order valence-corrected chi connectivity index (χ3v) is 15.4. The van der Waals surface area contributed by atoms with E-state index in [1.165, 1.54) is 70.6 Å². The van der Waals surface area contributed by atoms with Gasteiger partial charge in [0.1, 0.15) is 48.8 Å². The van der Waals surface area contributed by atoms with Crippen LogP contribution >= 0.6 is 0 Å². The minimum absolute atomic E-state index is 0.244. The van der Waals surface area contributed by atoms with Crippen LogP contribution in [-0.2, 0) is 23.7 Å². The van der Waals surface area contributed by atoms with Crippen LogP contribution in [0.5, 0.6) is 0 Å². The molecule has 0 aliphatic carbocycles. The topological polar surface area (TPSA) is 228 Å². The summed E-state index contributed by atoms with van der Waals surface area (Å²) >= 11 is 0. The molecule has 12 unspecified atom stereocenters. The summed E-state index contributed by atoms with van der Waals surface area (Å²) in [5.74, 6) is -0.244. The minimum atomic E-state index is -1.79. The van der Waals surface area contributed by atoms with E-state index in [2.05, 4.69) is 153 Å². The lowest BCUT2D eigenvalue weighted by molar-refractivity contribution is -0.359. The van der Waals surface area contributed by atoms with E-state index >= 15 is 0 Å². The Kier molecular flexibility index (Phi) is 50.2. The Morgan fingerprint density at radius 2 is 0.802 bits per heavy atom. The smallest absolute Gasteiger partial charge is 0.220 e. The fourth-order valence-electron chi connectivity index (χ4n) is 10.1. The number of carbonyl (C=O) groups is 1. The first-order valence-electron chi connectivity index (χ1n) is 33.4. The molecule has 490 valence electrons. The number of unbranched alkanes of at least 4 members (excludes halogenated alkanes) is 17. The molecule has 14 heteroatoms. The van der Waals surface area contributed by atoms with E-state index in [-0.39, 0.29) is 18.9 Å². The maximum atomic E-state index is 13.3. The number of allylic oxidation sites excluding steroid dienone is 22. The highest BCUT2D eigenvalue weighted by Gasteiger charge is 2.51. The molecular weight excluding hydrogens is 1090 g/mol. The van der Waals surface area contributed by atoms with Gasteiger partial charge in [-0.1, -0.05) is 250 Å². The molecule has 2 fully saturated rings. The summed E-state index contributed by atoms with van der Waals surface area (Å²) in [6, 6.07) is -0.857. The summed E-state index contributed by atoms with van der Waals surface area (Å²) in [7, 11) is 0. The van der Waals surface area contributed by atoms with Gasteiger partial charge in [0.2, 0.25) is 5.91 Å². The zero-order valence-electron chi connectivity index (χ0n) is 53.0. The van der Waals surface area contributed by atoms with Crippen LogP contribution in [0.25, 0.3) is 0 Å². The summed E-state index contributed by atoms with van der Waals surface area (Å²) in [5.41, 5.74) is 0. The normalized spacial score (nSPS) is 24.3. The fourth-order valence-corrected chi connectivity index (χ4v) is 10.1. The van der Waals surface area contributed by atoms with Gasteiger partial charge in [-0.2, -0.15) is 0 Å². The van der Waals surface area contributed by atoms with E-state index in [0.717, 1.165) is 116 Å². The first kappa shape index (κ1) is 78.2. The number of ether oxygens (including phenoxy) is 4. The molecule has 0 saturated carbocycles. The van der Waals surface area contributed by atoms with Crippen LogP contribution in [0.2, 0.25) is 0 Å². The number of amides is 1. The van der Waals surface area contributed by atoms with E-state index in [1.807, 2.05) is 0 Å². The van der Waals surface area contributed by atoms with Crippen molar-refractivity contribution in [3.63, 3.8) is 0 Å². The molecule has 0 radical (unpaired) electrons. The molecule has 0 bridgehead atoms. The molecule has 14 nitrogen and oxygen atoms in total. The summed E-state index contributed by atoms with van der Waals surface area (Å²) in [4.78, 5) is 13.3. The van der Waals surface area contributed by atoms with E-state index in [4.69, 9.17) is 18.9 Å². The van der Waals surface area contributed by atoms with Crippen LogP contribution in [0, 0.1) is 0 Å². The molecule has 1 amide bonds. The largest absolute Gasteiger partial charge is 0.394 e. The number of aliphatic hydroxyl groups excluding tert-OH is 8. The Balaban J connectivity index is 1.68. The highest BCUT2D eigenvalue weighted by atomic mass is 16.7. The summed E-state index contributed by atoms with van der Waals surface area (Å²) < 4.78 is 22.8. The highest BCUT2D eigenvalue weighted by Crippen LogP contribution is 2.30. The van der Waals surface area contributed by atoms with Gasteiger partial charge in [0.05, 0.1) is 32.0 Å². The Hall–Kier alpha value is -3.87. The van der Waals surface area contributed by atoms with E-state index in [0.29, 0.717) is 12.8 Å². The summed E-state index contributed by atoms with van der Waals surface area (Å²) in [6.07, 6.45) is 64.6.